The maximum absolute atomic E-state index is 12.9. The number of para-hydroxylation sites is 2. The largest absolute Gasteiger partial charge is 0.418 e. The van der Waals surface area contributed by atoms with Gasteiger partial charge in [0.05, 0.1) is 27.4 Å². The monoisotopic (exact) mass is 323 g/mol. The van der Waals surface area contributed by atoms with Gasteiger partial charge in [0.1, 0.15) is 0 Å². The van der Waals surface area contributed by atoms with Crippen molar-refractivity contribution >= 4 is 17.1 Å². The zero-order valence-corrected chi connectivity index (χ0v) is 12.0. The number of nitrogens with zero attached hydrogens (tertiary/aromatic N) is 2. The third kappa shape index (κ3) is 3.85. The quantitative estimate of drug-likeness (QED) is 0.513. The molecule has 0 amide bonds. The Labute approximate surface area is 129 Å². The molecule has 0 radical (unpaired) electrons. The lowest BCUT2D eigenvalue weighted by Crippen LogP contribution is -2.09. The third-order valence-electron chi connectivity index (χ3n) is 3.07. The fraction of sp³-hybridized carbons (Fsp3) is 0.133. The van der Waals surface area contributed by atoms with Crippen molar-refractivity contribution < 1.29 is 18.1 Å². The van der Waals surface area contributed by atoms with Crippen molar-refractivity contribution in [2.75, 3.05) is 5.43 Å². The molecule has 0 aliphatic rings. The third-order valence-corrected chi connectivity index (χ3v) is 3.07. The number of halogens is 3. The van der Waals surface area contributed by atoms with E-state index in [1.807, 2.05) is 0 Å². The van der Waals surface area contributed by atoms with Crippen molar-refractivity contribution in [3.63, 3.8) is 0 Å². The number of nitro benzene ring substituents is 1. The van der Waals surface area contributed by atoms with Gasteiger partial charge >= 0.3 is 6.18 Å². The van der Waals surface area contributed by atoms with Crippen LogP contribution in [0, 0.1) is 10.1 Å². The Balaban J connectivity index is 2.34. The molecule has 2 aromatic carbocycles. The number of hydrogen-bond donors (Lipinski definition) is 1. The highest BCUT2D eigenvalue weighted by Gasteiger charge is 2.33. The summed E-state index contributed by atoms with van der Waals surface area (Å²) in [5.41, 5.74) is 1.51. The van der Waals surface area contributed by atoms with Crippen molar-refractivity contribution in [2.45, 2.75) is 13.1 Å². The van der Waals surface area contributed by atoms with Gasteiger partial charge in [0.2, 0.25) is 0 Å². The first kappa shape index (κ1) is 16.5. The first-order valence-corrected chi connectivity index (χ1v) is 6.51. The molecule has 2 rings (SSSR count). The number of hydrazone groups is 1. The second-order valence-corrected chi connectivity index (χ2v) is 4.63. The first-order chi connectivity index (χ1) is 10.8. The lowest BCUT2D eigenvalue weighted by atomic mass is 10.1. The Morgan fingerprint density at radius 3 is 2.39 bits per heavy atom. The molecule has 0 fully saturated rings. The molecule has 2 aromatic rings. The minimum absolute atomic E-state index is 0.167. The molecule has 0 spiro atoms. The average Bonchev–Trinajstić information content (AvgIpc) is 2.52. The van der Waals surface area contributed by atoms with E-state index in [0.717, 1.165) is 6.07 Å². The van der Waals surface area contributed by atoms with Crippen molar-refractivity contribution in [1.82, 2.24) is 0 Å². The van der Waals surface area contributed by atoms with E-state index in [4.69, 9.17) is 0 Å². The number of rotatable bonds is 4. The van der Waals surface area contributed by atoms with E-state index in [9.17, 15) is 23.3 Å². The zero-order chi connectivity index (χ0) is 17.0. The Kier molecular flexibility index (Phi) is 4.63. The lowest BCUT2D eigenvalue weighted by molar-refractivity contribution is -0.385. The van der Waals surface area contributed by atoms with Crippen LogP contribution in [0.2, 0.25) is 0 Å². The standard InChI is InChI=1S/C15H12F3N3O2/c1-10(11-6-2-5-9-14(11)21(22)23)19-20-13-8-4-3-7-12(13)15(16,17)18/h2-9,20H,1H3/b19-10-. The predicted octanol–water partition coefficient (Wildman–Crippen LogP) is 4.45. The Morgan fingerprint density at radius 1 is 1.13 bits per heavy atom. The highest BCUT2D eigenvalue weighted by atomic mass is 19.4. The summed E-state index contributed by atoms with van der Waals surface area (Å²) in [6.07, 6.45) is -4.52. The van der Waals surface area contributed by atoms with Crippen molar-refractivity contribution in [3.8, 4) is 0 Å². The van der Waals surface area contributed by atoms with Crippen molar-refractivity contribution in [2.24, 2.45) is 5.10 Å². The van der Waals surface area contributed by atoms with Crippen LogP contribution in [0.25, 0.3) is 0 Å². The van der Waals surface area contributed by atoms with Crippen molar-refractivity contribution in [1.29, 1.82) is 0 Å². The Bertz CT molecular complexity index is 758. The predicted molar refractivity (Wildman–Crippen MR) is 80.4 cm³/mol. The highest BCUT2D eigenvalue weighted by molar-refractivity contribution is 6.02. The van der Waals surface area contributed by atoms with E-state index in [1.165, 1.54) is 43.3 Å². The molecule has 8 heteroatoms. The van der Waals surface area contributed by atoms with Gasteiger partial charge in [-0.2, -0.15) is 18.3 Å². The maximum atomic E-state index is 12.9. The molecule has 23 heavy (non-hydrogen) atoms. The van der Waals surface area contributed by atoms with Gasteiger partial charge in [0.25, 0.3) is 5.69 Å². The summed E-state index contributed by atoms with van der Waals surface area (Å²) < 4.78 is 38.7. The molecule has 0 bridgehead atoms. The second-order valence-electron chi connectivity index (χ2n) is 4.63. The van der Waals surface area contributed by atoms with Crippen LogP contribution in [-0.4, -0.2) is 10.6 Å². The number of hydrogen-bond acceptors (Lipinski definition) is 4. The number of anilines is 1. The molecule has 5 nitrogen and oxygen atoms in total. The zero-order valence-electron chi connectivity index (χ0n) is 12.0. The summed E-state index contributed by atoms with van der Waals surface area (Å²) in [5.74, 6) is 0. The topological polar surface area (TPSA) is 67.5 Å². The summed E-state index contributed by atoms with van der Waals surface area (Å²) in [6, 6.07) is 10.7. The summed E-state index contributed by atoms with van der Waals surface area (Å²) in [7, 11) is 0. The lowest BCUT2D eigenvalue weighted by Gasteiger charge is -2.12. The van der Waals surface area contributed by atoms with Gasteiger partial charge in [0.15, 0.2) is 0 Å². The van der Waals surface area contributed by atoms with Gasteiger partial charge < -0.3 is 0 Å². The van der Waals surface area contributed by atoms with Crippen LogP contribution in [0.4, 0.5) is 24.5 Å². The molecule has 0 atom stereocenters. The fourth-order valence-corrected chi connectivity index (χ4v) is 1.97. The molecular weight excluding hydrogens is 311 g/mol. The van der Waals surface area contributed by atoms with Gasteiger partial charge in [-0.05, 0) is 25.1 Å². The summed E-state index contributed by atoms with van der Waals surface area (Å²) in [6.45, 7) is 1.48. The van der Waals surface area contributed by atoms with Gasteiger partial charge in [-0.1, -0.05) is 24.3 Å². The second kappa shape index (κ2) is 6.47. The van der Waals surface area contributed by atoms with E-state index in [0.29, 0.717) is 0 Å². The Hall–Kier alpha value is -2.90. The SMILES string of the molecule is C/C(=N/Nc1ccccc1C(F)(F)F)c1ccccc1[N+](=O)[O-]. The minimum Gasteiger partial charge on any atom is -0.278 e. The van der Waals surface area contributed by atoms with Crippen LogP contribution in [0.5, 0.6) is 0 Å². The minimum atomic E-state index is -4.52. The van der Waals surface area contributed by atoms with Crippen LogP contribution in [0.15, 0.2) is 53.6 Å². The van der Waals surface area contributed by atoms with Crippen LogP contribution in [-0.2, 0) is 6.18 Å². The molecule has 0 aliphatic carbocycles. The number of benzene rings is 2. The van der Waals surface area contributed by atoms with Crippen molar-refractivity contribution in [3.05, 3.63) is 69.8 Å². The van der Waals surface area contributed by atoms with E-state index < -0.39 is 16.7 Å². The normalized spacial score (nSPS) is 12.1. The summed E-state index contributed by atoms with van der Waals surface area (Å²) >= 11 is 0. The van der Waals surface area contributed by atoms with E-state index in [1.54, 1.807) is 6.07 Å². The summed E-state index contributed by atoms with van der Waals surface area (Å²) in [5, 5.41) is 14.8. The molecular formula is C15H12F3N3O2. The van der Waals surface area contributed by atoms with Gasteiger partial charge in [-0.25, -0.2) is 0 Å². The van der Waals surface area contributed by atoms with Crippen LogP contribution in [0.3, 0.4) is 0 Å². The maximum Gasteiger partial charge on any atom is 0.418 e. The van der Waals surface area contributed by atoms with E-state index >= 15 is 0 Å². The molecule has 120 valence electrons. The summed E-state index contributed by atoms with van der Waals surface area (Å²) in [4.78, 5) is 10.4. The van der Waals surface area contributed by atoms with Crippen LogP contribution >= 0.6 is 0 Å². The molecule has 0 saturated carbocycles. The van der Waals surface area contributed by atoms with E-state index in [2.05, 4.69) is 10.5 Å². The smallest absolute Gasteiger partial charge is 0.278 e. The molecule has 0 heterocycles. The van der Waals surface area contributed by atoms with Gasteiger partial charge in [-0.3, -0.25) is 15.5 Å². The van der Waals surface area contributed by atoms with Gasteiger partial charge in [-0.15, -0.1) is 0 Å². The first-order valence-electron chi connectivity index (χ1n) is 6.51. The van der Waals surface area contributed by atoms with Gasteiger partial charge in [0, 0.05) is 6.07 Å². The number of nitro groups is 1. The number of nitrogens with one attached hydrogen (secondary N) is 1. The molecule has 1 N–H and O–H groups in total. The molecule has 0 aromatic heterocycles. The van der Waals surface area contributed by atoms with Crippen LogP contribution < -0.4 is 5.43 Å². The van der Waals surface area contributed by atoms with E-state index in [-0.39, 0.29) is 22.6 Å². The highest BCUT2D eigenvalue weighted by Crippen LogP contribution is 2.34. The Morgan fingerprint density at radius 2 is 1.74 bits per heavy atom. The molecule has 0 saturated heterocycles. The average molecular weight is 323 g/mol. The molecule has 0 unspecified atom stereocenters. The fourth-order valence-electron chi connectivity index (χ4n) is 1.97. The molecule has 0 aliphatic heterocycles. The number of alkyl halides is 3. The van der Waals surface area contributed by atoms with Crippen LogP contribution in [0.1, 0.15) is 18.1 Å².